The van der Waals surface area contributed by atoms with E-state index in [0.717, 1.165) is 0 Å². The predicted octanol–water partition coefficient (Wildman–Crippen LogP) is 2.33. The topological polar surface area (TPSA) is 101 Å². The van der Waals surface area contributed by atoms with Crippen LogP contribution in [0.1, 0.15) is 10.4 Å². The molecule has 0 fully saturated rings. The molecule has 0 bridgehead atoms. The maximum absolute atomic E-state index is 11.7. The van der Waals surface area contributed by atoms with Gasteiger partial charge >= 0.3 is 0 Å². The van der Waals surface area contributed by atoms with Crippen molar-refractivity contribution in [2.24, 2.45) is 0 Å². The fourth-order valence-corrected chi connectivity index (χ4v) is 1.68. The molecule has 7 nitrogen and oxygen atoms in total. The van der Waals surface area contributed by atoms with Crippen LogP contribution in [0.4, 0.5) is 11.4 Å². The van der Waals surface area contributed by atoms with Crippen LogP contribution in [0, 0.1) is 10.1 Å². The second-order valence-electron chi connectivity index (χ2n) is 3.36. The third kappa shape index (κ3) is 2.54. The summed E-state index contributed by atoms with van der Waals surface area (Å²) in [7, 11) is 0. The van der Waals surface area contributed by atoms with Gasteiger partial charge in [0.15, 0.2) is 0 Å². The first-order valence-corrected chi connectivity index (χ1v) is 5.61. The Balaban J connectivity index is 2.29. The molecule has 92 valence electrons. The van der Waals surface area contributed by atoms with Gasteiger partial charge in [-0.2, -0.15) is 5.10 Å². The monoisotopic (exact) mass is 310 g/mol. The van der Waals surface area contributed by atoms with Crippen molar-refractivity contribution in [1.29, 1.82) is 0 Å². The largest absolute Gasteiger partial charge is 0.316 e. The van der Waals surface area contributed by atoms with E-state index in [2.05, 4.69) is 31.4 Å². The molecule has 0 aliphatic heterocycles. The molecular weight excluding hydrogens is 304 g/mol. The minimum absolute atomic E-state index is 0.134. The van der Waals surface area contributed by atoms with E-state index in [9.17, 15) is 14.9 Å². The normalized spacial score (nSPS) is 10.1. The molecule has 2 rings (SSSR count). The summed E-state index contributed by atoms with van der Waals surface area (Å²) in [6.45, 7) is 0. The van der Waals surface area contributed by atoms with Crippen LogP contribution in [0.5, 0.6) is 0 Å². The van der Waals surface area contributed by atoms with Crippen molar-refractivity contribution in [3.05, 3.63) is 50.7 Å². The molecule has 0 spiro atoms. The highest BCUT2D eigenvalue weighted by atomic mass is 79.9. The quantitative estimate of drug-likeness (QED) is 0.671. The molecule has 0 unspecified atom stereocenters. The number of carbonyl (C=O) groups is 1. The SMILES string of the molecule is O=C(Nc1ccc(Br)cc1[N+](=O)[O-])c1cn[nH]c1. The fraction of sp³-hybridized carbons (Fsp3) is 0. The summed E-state index contributed by atoms with van der Waals surface area (Å²) in [5.74, 6) is -0.464. The molecule has 0 aliphatic carbocycles. The van der Waals surface area contributed by atoms with Gasteiger partial charge in [0.25, 0.3) is 11.6 Å². The number of rotatable bonds is 3. The molecule has 2 aromatic rings. The van der Waals surface area contributed by atoms with Crippen molar-refractivity contribution in [3.8, 4) is 0 Å². The highest BCUT2D eigenvalue weighted by molar-refractivity contribution is 9.10. The molecule has 1 aromatic heterocycles. The summed E-state index contributed by atoms with van der Waals surface area (Å²) in [6.07, 6.45) is 2.74. The molecule has 2 N–H and O–H groups in total. The number of hydrogen-bond donors (Lipinski definition) is 2. The predicted molar refractivity (Wildman–Crippen MR) is 67.3 cm³/mol. The number of nitrogens with one attached hydrogen (secondary N) is 2. The molecule has 0 radical (unpaired) electrons. The van der Waals surface area contributed by atoms with Gasteiger partial charge in [-0.1, -0.05) is 15.9 Å². The van der Waals surface area contributed by atoms with Gasteiger partial charge < -0.3 is 5.32 Å². The summed E-state index contributed by atoms with van der Waals surface area (Å²) in [5.41, 5.74) is 0.253. The number of hydrogen-bond acceptors (Lipinski definition) is 4. The number of nitro groups is 1. The summed E-state index contributed by atoms with van der Waals surface area (Å²) < 4.78 is 0.565. The molecule has 1 heterocycles. The van der Waals surface area contributed by atoms with Crippen molar-refractivity contribution in [2.45, 2.75) is 0 Å². The zero-order valence-corrected chi connectivity index (χ0v) is 10.5. The number of benzene rings is 1. The Morgan fingerprint density at radius 1 is 1.50 bits per heavy atom. The zero-order chi connectivity index (χ0) is 13.1. The molecule has 0 atom stereocenters. The molecular formula is C10H7BrN4O3. The second kappa shape index (κ2) is 4.96. The summed E-state index contributed by atoms with van der Waals surface area (Å²) >= 11 is 3.14. The number of amides is 1. The van der Waals surface area contributed by atoms with Crippen molar-refractivity contribution < 1.29 is 9.72 Å². The molecule has 0 saturated carbocycles. The molecule has 0 saturated heterocycles. The second-order valence-corrected chi connectivity index (χ2v) is 4.28. The number of H-pyrrole nitrogens is 1. The zero-order valence-electron chi connectivity index (χ0n) is 8.88. The van der Waals surface area contributed by atoms with E-state index in [-0.39, 0.29) is 11.4 Å². The summed E-state index contributed by atoms with van der Waals surface area (Å²) in [4.78, 5) is 22.0. The summed E-state index contributed by atoms with van der Waals surface area (Å²) in [5, 5.41) is 19.4. The molecule has 18 heavy (non-hydrogen) atoms. The lowest BCUT2D eigenvalue weighted by Gasteiger charge is -2.04. The van der Waals surface area contributed by atoms with E-state index in [1.54, 1.807) is 6.07 Å². The van der Waals surface area contributed by atoms with Crippen molar-refractivity contribution in [2.75, 3.05) is 5.32 Å². The van der Waals surface area contributed by atoms with E-state index in [1.807, 2.05) is 0 Å². The van der Waals surface area contributed by atoms with E-state index in [0.29, 0.717) is 10.0 Å². The minimum Gasteiger partial charge on any atom is -0.316 e. The van der Waals surface area contributed by atoms with Crippen LogP contribution < -0.4 is 5.32 Å². The van der Waals surface area contributed by atoms with Crippen molar-refractivity contribution >= 4 is 33.2 Å². The van der Waals surface area contributed by atoms with Gasteiger partial charge in [0.1, 0.15) is 5.69 Å². The number of carbonyl (C=O) groups excluding carboxylic acids is 1. The van der Waals surface area contributed by atoms with E-state index >= 15 is 0 Å². The Morgan fingerprint density at radius 3 is 2.89 bits per heavy atom. The number of aromatic nitrogens is 2. The Hall–Kier alpha value is -2.22. The Kier molecular flexibility index (Phi) is 3.38. The first kappa shape index (κ1) is 12.2. The van der Waals surface area contributed by atoms with Gasteiger partial charge in [0.2, 0.25) is 0 Å². The van der Waals surface area contributed by atoms with Crippen LogP contribution >= 0.6 is 15.9 Å². The smallest absolute Gasteiger partial charge is 0.293 e. The van der Waals surface area contributed by atoms with Crippen molar-refractivity contribution in [1.82, 2.24) is 10.2 Å². The highest BCUT2D eigenvalue weighted by Crippen LogP contribution is 2.28. The van der Waals surface area contributed by atoms with Crippen LogP contribution in [0.3, 0.4) is 0 Å². The van der Waals surface area contributed by atoms with Crippen LogP contribution in [0.15, 0.2) is 35.1 Å². The number of aromatic amines is 1. The average molecular weight is 311 g/mol. The number of halogens is 1. The maximum Gasteiger partial charge on any atom is 0.293 e. The molecule has 1 aromatic carbocycles. The van der Waals surface area contributed by atoms with Gasteiger partial charge in [0, 0.05) is 16.7 Å². The van der Waals surface area contributed by atoms with Gasteiger partial charge in [0.05, 0.1) is 16.7 Å². The van der Waals surface area contributed by atoms with Gasteiger partial charge in [-0.05, 0) is 12.1 Å². The molecule has 8 heteroatoms. The maximum atomic E-state index is 11.7. The first-order chi connectivity index (χ1) is 8.58. The Bertz CT molecular complexity index is 597. The third-order valence-corrected chi connectivity index (χ3v) is 2.66. The minimum atomic E-state index is -0.560. The summed E-state index contributed by atoms with van der Waals surface area (Å²) in [6, 6.07) is 4.39. The number of nitro benzene ring substituents is 1. The molecule has 1 amide bonds. The highest BCUT2D eigenvalue weighted by Gasteiger charge is 2.17. The van der Waals surface area contributed by atoms with Gasteiger partial charge in [-0.25, -0.2) is 0 Å². The van der Waals surface area contributed by atoms with Crippen LogP contribution in [0.2, 0.25) is 0 Å². The Labute approximate surface area is 109 Å². The Morgan fingerprint density at radius 2 is 2.28 bits per heavy atom. The van der Waals surface area contributed by atoms with Crippen LogP contribution in [-0.2, 0) is 0 Å². The number of anilines is 1. The van der Waals surface area contributed by atoms with Crippen LogP contribution in [0.25, 0.3) is 0 Å². The lowest BCUT2D eigenvalue weighted by molar-refractivity contribution is -0.384. The molecule has 0 aliphatic rings. The lowest BCUT2D eigenvalue weighted by Crippen LogP contribution is -2.12. The van der Waals surface area contributed by atoms with E-state index in [4.69, 9.17) is 0 Å². The lowest BCUT2D eigenvalue weighted by atomic mass is 10.2. The van der Waals surface area contributed by atoms with Gasteiger partial charge in [-0.15, -0.1) is 0 Å². The fourth-order valence-electron chi connectivity index (χ4n) is 1.33. The number of nitrogens with zero attached hydrogens (tertiary/aromatic N) is 2. The first-order valence-electron chi connectivity index (χ1n) is 4.82. The standard InChI is InChI=1S/C10H7BrN4O3/c11-7-1-2-8(9(3-7)15(17)18)14-10(16)6-4-12-13-5-6/h1-5H,(H,12,13)(H,14,16). The van der Waals surface area contributed by atoms with Gasteiger partial charge in [-0.3, -0.25) is 20.0 Å². The van der Waals surface area contributed by atoms with Crippen molar-refractivity contribution in [3.63, 3.8) is 0 Å². The third-order valence-electron chi connectivity index (χ3n) is 2.17. The average Bonchev–Trinajstić information content (AvgIpc) is 2.84. The van der Waals surface area contributed by atoms with E-state index in [1.165, 1.54) is 24.5 Å². The van der Waals surface area contributed by atoms with Crippen LogP contribution in [-0.4, -0.2) is 21.0 Å². The van der Waals surface area contributed by atoms with E-state index < -0.39 is 10.8 Å².